The molecule has 0 radical (unpaired) electrons. The average Bonchev–Trinajstić information content (AvgIpc) is 3.34. The molecule has 4 aromatic rings. The Balaban J connectivity index is 1.67. The van der Waals surface area contributed by atoms with Crippen molar-refractivity contribution in [3.8, 4) is 11.6 Å². The van der Waals surface area contributed by atoms with Gasteiger partial charge in [-0.3, -0.25) is 19.9 Å². The Labute approximate surface area is 164 Å². The van der Waals surface area contributed by atoms with Crippen molar-refractivity contribution in [1.29, 1.82) is 0 Å². The zero-order valence-corrected chi connectivity index (χ0v) is 15.4. The number of nitrogens with zero attached hydrogens (tertiary/aromatic N) is 6. The fraction of sp³-hybridized carbons (Fsp3) is 0.158. The van der Waals surface area contributed by atoms with Gasteiger partial charge in [-0.25, -0.2) is 9.67 Å². The Morgan fingerprint density at radius 2 is 2.03 bits per heavy atom. The van der Waals surface area contributed by atoms with Crippen LogP contribution in [0.3, 0.4) is 0 Å². The van der Waals surface area contributed by atoms with Gasteiger partial charge in [-0.2, -0.15) is 5.10 Å². The summed E-state index contributed by atoms with van der Waals surface area (Å²) in [5.74, 6) is 0.639. The maximum Gasteiger partial charge on any atom is 0.310 e. The molecule has 1 aromatic carbocycles. The van der Waals surface area contributed by atoms with Crippen LogP contribution in [0.15, 0.2) is 55.2 Å². The zero-order chi connectivity index (χ0) is 20.4. The average molecular weight is 392 g/mol. The van der Waals surface area contributed by atoms with Crippen molar-refractivity contribution >= 4 is 22.6 Å². The van der Waals surface area contributed by atoms with Crippen molar-refractivity contribution < 1.29 is 14.5 Å². The monoisotopic (exact) mass is 392 g/mol. The molecule has 0 aliphatic carbocycles. The summed E-state index contributed by atoms with van der Waals surface area (Å²) < 4.78 is 8.20. The molecule has 3 aromatic heterocycles. The molecule has 0 fully saturated rings. The van der Waals surface area contributed by atoms with Gasteiger partial charge >= 0.3 is 5.97 Å². The molecule has 29 heavy (non-hydrogen) atoms. The van der Waals surface area contributed by atoms with E-state index in [1.54, 1.807) is 48.4 Å². The molecule has 0 unspecified atom stereocenters. The summed E-state index contributed by atoms with van der Waals surface area (Å²) in [6.45, 7) is 2.10. The van der Waals surface area contributed by atoms with Crippen LogP contribution in [0.2, 0.25) is 0 Å². The number of ether oxygens (including phenoxy) is 1. The van der Waals surface area contributed by atoms with Crippen molar-refractivity contribution in [2.45, 2.75) is 13.3 Å². The van der Waals surface area contributed by atoms with Crippen LogP contribution in [-0.4, -0.2) is 41.8 Å². The van der Waals surface area contributed by atoms with E-state index in [1.165, 1.54) is 23.0 Å². The van der Waals surface area contributed by atoms with E-state index in [4.69, 9.17) is 4.74 Å². The summed E-state index contributed by atoms with van der Waals surface area (Å²) in [6.07, 6.45) is 8.43. The second-order valence-electron chi connectivity index (χ2n) is 6.20. The van der Waals surface area contributed by atoms with Crippen molar-refractivity contribution in [2.24, 2.45) is 0 Å². The van der Waals surface area contributed by atoms with Crippen LogP contribution in [-0.2, 0) is 16.0 Å². The molecule has 0 bridgehead atoms. The number of nitro groups is 1. The quantitative estimate of drug-likeness (QED) is 0.281. The Morgan fingerprint density at radius 3 is 2.83 bits per heavy atom. The Hall–Kier alpha value is -4.08. The first-order chi connectivity index (χ1) is 14.0. The van der Waals surface area contributed by atoms with Gasteiger partial charge < -0.3 is 9.30 Å². The molecule has 0 spiro atoms. The number of fused-ring (bicyclic) bond motifs is 1. The fourth-order valence-electron chi connectivity index (χ4n) is 2.94. The number of rotatable bonds is 6. The lowest BCUT2D eigenvalue weighted by Gasteiger charge is -2.06. The minimum atomic E-state index is -0.455. The highest BCUT2D eigenvalue weighted by atomic mass is 16.6. The molecule has 0 saturated carbocycles. The molecule has 10 nitrogen and oxygen atoms in total. The molecule has 4 rings (SSSR count). The Kier molecular flexibility index (Phi) is 4.73. The topological polar surface area (TPSA) is 118 Å². The van der Waals surface area contributed by atoms with E-state index in [1.807, 2.05) is 0 Å². The molecule has 0 amide bonds. The van der Waals surface area contributed by atoms with Crippen LogP contribution < -0.4 is 0 Å². The van der Waals surface area contributed by atoms with Gasteiger partial charge in [0.05, 0.1) is 42.1 Å². The summed E-state index contributed by atoms with van der Waals surface area (Å²) in [5.41, 5.74) is 1.31. The molecule has 0 aliphatic heterocycles. The van der Waals surface area contributed by atoms with E-state index >= 15 is 0 Å². The van der Waals surface area contributed by atoms with Crippen LogP contribution >= 0.6 is 0 Å². The first kappa shape index (κ1) is 18.3. The minimum Gasteiger partial charge on any atom is -0.466 e. The maximum atomic E-state index is 11.6. The van der Waals surface area contributed by atoms with Gasteiger partial charge in [0.15, 0.2) is 11.6 Å². The lowest BCUT2D eigenvalue weighted by atomic mass is 10.2. The summed E-state index contributed by atoms with van der Waals surface area (Å²) in [7, 11) is 0. The van der Waals surface area contributed by atoms with Gasteiger partial charge in [-0.05, 0) is 24.6 Å². The van der Waals surface area contributed by atoms with Crippen molar-refractivity contribution in [2.75, 3.05) is 6.61 Å². The molecule has 0 saturated heterocycles. The number of hydrogen-bond acceptors (Lipinski definition) is 7. The van der Waals surface area contributed by atoms with Crippen LogP contribution in [0.25, 0.3) is 22.5 Å². The Morgan fingerprint density at radius 1 is 1.21 bits per heavy atom. The van der Waals surface area contributed by atoms with Gasteiger partial charge in [0.25, 0.3) is 5.69 Å². The van der Waals surface area contributed by atoms with Crippen LogP contribution in [0.5, 0.6) is 0 Å². The second kappa shape index (κ2) is 7.50. The lowest BCUT2D eigenvalue weighted by Crippen LogP contribution is -2.07. The number of aromatic nitrogens is 5. The van der Waals surface area contributed by atoms with Crippen LogP contribution in [0.1, 0.15) is 12.5 Å². The molecule has 0 N–H and O–H groups in total. The molecule has 0 aliphatic rings. The van der Waals surface area contributed by atoms with E-state index in [0.717, 1.165) is 10.9 Å². The zero-order valence-electron chi connectivity index (χ0n) is 15.4. The van der Waals surface area contributed by atoms with E-state index in [2.05, 4.69) is 15.1 Å². The smallest absolute Gasteiger partial charge is 0.310 e. The predicted octanol–water partition coefficient (Wildman–Crippen LogP) is 2.62. The summed E-state index contributed by atoms with van der Waals surface area (Å²) in [5, 5.41) is 16.1. The third-order valence-electron chi connectivity index (χ3n) is 4.26. The number of nitro benzene ring substituents is 1. The molecule has 3 heterocycles. The molecule has 10 heteroatoms. The first-order valence-corrected chi connectivity index (χ1v) is 8.82. The maximum absolute atomic E-state index is 11.6. The van der Waals surface area contributed by atoms with Crippen molar-refractivity contribution in [3.63, 3.8) is 0 Å². The predicted molar refractivity (Wildman–Crippen MR) is 103 cm³/mol. The number of carbonyl (C=O) groups is 1. The molecular weight excluding hydrogens is 376 g/mol. The lowest BCUT2D eigenvalue weighted by molar-refractivity contribution is -0.384. The summed E-state index contributed by atoms with van der Waals surface area (Å²) >= 11 is 0. The van der Waals surface area contributed by atoms with Gasteiger partial charge in [0, 0.05) is 29.9 Å². The van der Waals surface area contributed by atoms with Crippen LogP contribution in [0, 0.1) is 10.1 Å². The second-order valence-corrected chi connectivity index (χ2v) is 6.20. The number of benzene rings is 1. The highest BCUT2D eigenvalue weighted by molar-refractivity contribution is 5.82. The number of non-ortho nitro benzene ring substituents is 1. The fourth-order valence-corrected chi connectivity index (χ4v) is 2.94. The first-order valence-electron chi connectivity index (χ1n) is 8.82. The standard InChI is InChI=1S/C19H16N6O4/c1-2-29-19(26)7-13-5-6-23(12-13)17-10-20-11-18(22-17)24-16-8-15(25(27)28)4-3-14(16)9-21-24/h3-6,8-12H,2,7H2,1H3. The Bertz CT molecular complexity index is 1210. The number of carbonyl (C=O) groups excluding carboxylic acids is 1. The van der Waals surface area contributed by atoms with Crippen LogP contribution in [0.4, 0.5) is 5.69 Å². The van der Waals surface area contributed by atoms with E-state index in [9.17, 15) is 14.9 Å². The third kappa shape index (κ3) is 3.68. The van der Waals surface area contributed by atoms with Crippen molar-refractivity contribution in [1.82, 2.24) is 24.3 Å². The number of esters is 1. The summed E-state index contributed by atoms with van der Waals surface area (Å²) in [4.78, 5) is 31.0. The largest absolute Gasteiger partial charge is 0.466 e. The molecule has 146 valence electrons. The van der Waals surface area contributed by atoms with Gasteiger partial charge in [0.2, 0.25) is 0 Å². The van der Waals surface area contributed by atoms with Gasteiger partial charge in [-0.1, -0.05) is 0 Å². The molecular formula is C19H16N6O4. The van der Waals surface area contributed by atoms with Crippen molar-refractivity contribution in [3.05, 3.63) is 70.9 Å². The van der Waals surface area contributed by atoms with E-state index < -0.39 is 4.92 Å². The third-order valence-corrected chi connectivity index (χ3v) is 4.26. The van der Waals surface area contributed by atoms with Gasteiger partial charge in [0.1, 0.15) is 0 Å². The normalized spacial score (nSPS) is 10.9. The molecule has 0 atom stereocenters. The SMILES string of the molecule is CCOC(=O)Cc1ccn(-c2cncc(-n3ncc4ccc([N+](=O)[O-])cc43)n2)c1. The van der Waals surface area contributed by atoms with E-state index in [-0.39, 0.29) is 18.1 Å². The number of hydrogen-bond donors (Lipinski definition) is 0. The minimum absolute atomic E-state index is 0.0302. The van der Waals surface area contributed by atoms with E-state index in [0.29, 0.717) is 23.8 Å². The summed E-state index contributed by atoms with van der Waals surface area (Å²) in [6, 6.07) is 6.32. The van der Waals surface area contributed by atoms with Gasteiger partial charge in [-0.15, -0.1) is 0 Å². The highest BCUT2D eigenvalue weighted by Crippen LogP contribution is 2.22. The highest BCUT2D eigenvalue weighted by Gasteiger charge is 2.13.